The maximum Gasteiger partial charge on any atom is 0.254 e. The van der Waals surface area contributed by atoms with Crippen LogP contribution >= 0.6 is 0 Å². The zero-order valence-corrected chi connectivity index (χ0v) is 12.9. The van der Waals surface area contributed by atoms with Gasteiger partial charge in [0.2, 0.25) is 0 Å². The molecule has 0 bridgehead atoms. The third kappa shape index (κ3) is 4.33. The minimum atomic E-state index is -0.0136. The summed E-state index contributed by atoms with van der Waals surface area (Å²) in [6.07, 6.45) is 0.816. The molecule has 0 radical (unpaired) electrons. The molecule has 0 saturated heterocycles. The number of rotatable bonds is 7. The van der Waals surface area contributed by atoms with Gasteiger partial charge in [0.05, 0.1) is 7.11 Å². The molecule has 22 heavy (non-hydrogen) atoms. The smallest absolute Gasteiger partial charge is 0.254 e. The molecule has 116 valence electrons. The second-order valence-corrected chi connectivity index (χ2v) is 5.05. The van der Waals surface area contributed by atoms with Crippen molar-refractivity contribution in [3.05, 3.63) is 65.7 Å². The first-order chi connectivity index (χ1) is 10.7. The Balaban J connectivity index is 2.07. The van der Waals surface area contributed by atoms with Gasteiger partial charge in [0.15, 0.2) is 0 Å². The van der Waals surface area contributed by atoms with Gasteiger partial charge in [-0.25, -0.2) is 0 Å². The van der Waals surface area contributed by atoms with E-state index < -0.39 is 0 Å². The van der Waals surface area contributed by atoms with Gasteiger partial charge in [-0.15, -0.1) is 0 Å². The maximum atomic E-state index is 12.6. The fourth-order valence-electron chi connectivity index (χ4n) is 2.32. The van der Waals surface area contributed by atoms with E-state index in [0.29, 0.717) is 30.9 Å². The lowest BCUT2D eigenvalue weighted by molar-refractivity contribution is 0.0761. The Morgan fingerprint density at radius 3 is 2.55 bits per heavy atom. The van der Waals surface area contributed by atoms with Gasteiger partial charge < -0.3 is 15.4 Å². The zero-order valence-electron chi connectivity index (χ0n) is 12.9. The summed E-state index contributed by atoms with van der Waals surface area (Å²) >= 11 is 0. The summed E-state index contributed by atoms with van der Waals surface area (Å²) in [6, 6.07) is 17.3. The molecule has 0 aliphatic heterocycles. The van der Waals surface area contributed by atoms with Crippen LogP contribution in [0.4, 0.5) is 0 Å². The van der Waals surface area contributed by atoms with E-state index in [-0.39, 0.29) is 5.91 Å². The summed E-state index contributed by atoms with van der Waals surface area (Å²) in [4.78, 5) is 14.4. The summed E-state index contributed by atoms with van der Waals surface area (Å²) in [6.45, 7) is 1.64. The summed E-state index contributed by atoms with van der Waals surface area (Å²) in [5, 5.41) is 0. The van der Waals surface area contributed by atoms with E-state index in [9.17, 15) is 4.79 Å². The van der Waals surface area contributed by atoms with Crippen LogP contribution in [0.25, 0.3) is 0 Å². The molecule has 2 aromatic rings. The Morgan fingerprint density at radius 1 is 1.09 bits per heavy atom. The van der Waals surface area contributed by atoms with Crippen molar-refractivity contribution in [2.24, 2.45) is 5.73 Å². The summed E-state index contributed by atoms with van der Waals surface area (Å²) in [5.41, 5.74) is 7.49. The number of nitrogens with two attached hydrogens (primary N) is 1. The van der Waals surface area contributed by atoms with Crippen molar-refractivity contribution >= 4 is 5.91 Å². The SMILES string of the molecule is COc1cccc(C(=O)N(CCN)CCc2ccccc2)c1. The second kappa shape index (κ2) is 8.20. The van der Waals surface area contributed by atoms with Crippen LogP contribution in [0.15, 0.2) is 54.6 Å². The number of ether oxygens (including phenoxy) is 1. The molecule has 0 unspecified atom stereocenters. The van der Waals surface area contributed by atoms with Crippen LogP contribution in [0.5, 0.6) is 5.75 Å². The molecule has 4 heteroatoms. The predicted octanol–water partition coefficient (Wildman–Crippen LogP) is 2.34. The Hall–Kier alpha value is -2.33. The van der Waals surface area contributed by atoms with Gasteiger partial charge in [-0.05, 0) is 30.2 Å². The Bertz CT molecular complexity index is 599. The molecular formula is C18H22N2O2. The standard InChI is InChI=1S/C18H22N2O2/c1-22-17-9-5-8-16(14-17)18(21)20(13-11-19)12-10-15-6-3-2-4-7-15/h2-9,14H,10-13,19H2,1H3. The minimum Gasteiger partial charge on any atom is -0.497 e. The minimum absolute atomic E-state index is 0.0136. The molecule has 0 fully saturated rings. The van der Waals surface area contributed by atoms with Gasteiger partial charge in [0, 0.05) is 25.2 Å². The van der Waals surface area contributed by atoms with Crippen LogP contribution in [0, 0.1) is 0 Å². The summed E-state index contributed by atoms with van der Waals surface area (Å²) in [7, 11) is 1.59. The predicted molar refractivity (Wildman–Crippen MR) is 88.1 cm³/mol. The van der Waals surface area contributed by atoms with Crippen molar-refractivity contribution in [3.8, 4) is 5.75 Å². The highest BCUT2D eigenvalue weighted by atomic mass is 16.5. The van der Waals surface area contributed by atoms with Gasteiger partial charge in [-0.2, -0.15) is 0 Å². The van der Waals surface area contributed by atoms with Crippen LogP contribution < -0.4 is 10.5 Å². The van der Waals surface area contributed by atoms with Gasteiger partial charge in [-0.1, -0.05) is 36.4 Å². The van der Waals surface area contributed by atoms with Crippen LogP contribution in [-0.4, -0.2) is 37.6 Å². The summed E-state index contributed by atoms with van der Waals surface area (Å²) < 4.78 is 5.18. The van der Waals surface area contributed by atoms with Gasteiger partial charge >= 0.3 is 0 Å². The molecule has 2 aromatic carbocycles. The highest BCUT2D eigenvalue weighted by molar-refractivity contribution is 5.94. The van der Waals surface area contributed by atoms with Crippen molar-refractivity contribution in [2.75, 3.05) is 26.7 Å². The normalized spacial score (nSPS) is 10.3. The third-order valence-electron chi connectivity index (χ3n) is 3.52. The number of methoxy groups -OCH3 is 1. The molecule has 0 aliphatic rings. The van der Waals surface area contributed by atoms with E-state index in [1.165, 1.54) is 5.56 Å². The molecule has 4 nitrogen and oxygen atoms in total. The molecule has 2 N–H and O–H groups in total. The second-order valence-electron chi connectivity index (χ2n) is 5.05. The molecular weight excluding hydrogens is 276 g/mol. The van der Waals surface area contributed by atoms with Crippen molar-refractivity contribution < 1.29 is 9.53 Å². The molecule has 0 spiro atoms. The number of hydrogen-bond acceptors (Lipinski definition) is 3. The van der Waals surface area contributed by atoms with Gasteiger partial charge in [0.1, 0.15) is 5.75 Å². The lowest BCUT2D eigenvalue weighted by Crippen LogP contribution is -2.36. The van der Waals surface area contributed by atoms with E-state index in [4.69, 9.17) is 10.5 Å². The first kappa shape index (κ1) is 16.0. The molecule has 0 aliphatic carbocycles. The van der Waals surface area contributed by atoms with Crippen molar-refractivity contribution in [1.29, 1.82) is 0 Å². The van der Waals surface area contributed by atoms with Crippen molar-refractivity contribution in [2.45, 2.75) is 6.42 Å². The molecule has 0 atom stereocenters. The quantitative estimate of drug-likeness (QED) is 0.853. The van der Waals surface area contributed by atoms with E-state index in [2.05, 4.69) is 12.1 Å². The van der Waals surface area contributed by atoms with Gasteiger partial charge in [0.25, 0.3) is 5.91 Å². The highest BCUT2D eigenvalue weighted by Gasteiger charge is 2.15. The third-order valence-corrected chi connectivity index (χ3v) is 3.52. The fraction of sp³-hybridized carbons (Fsp3) is 0.278. The largest absolute Gasteiger partial charge is 0.497 e. The molecule has 0 heterocycles. The van der Waals surface area contributed by atoms with Gasteiger partial charge in [-0.3, -0.25) is 4.79 Å². The molecule has 0 saturated carbocycles. The number of benzene rings is 2. The average Bonchev–Trinajstić information content (AvgIpc) is 2.59. The monoisotopic (exact) mass is 298 g/mol. The van der Waals surface area contributed by atoms with E-state index in [1.54, 1.807) is 24.1 Å². The Morgan fingerprint density at radius 2 is 1.86 bits per heavy atom. The van der Waals surface area contributed by atoms with Crippen LogP contribution in [0.3, 0.4) is 0 Å². The molecule has 0 aromatic heterocycles. The lowest BCUT2D eigenvalue weighted by Gasteiger charge is -2.22. The zero-order chi connectivity index (χ0) is 15.8. The van der Waals surface area contributed by atoms with Crippen LogP contribution in [0.1, 0.15) is 15.9 Å². The lowest BCUT2D eigenvalue weighted by atomic mass is 10.1. The molecule has 1 amide bonds. The maximum absolute atomic E-state index is 12.6. The fourth-order valence-corrected chi connectivity index (χ4v) is 2.32. The average molecular weight is 298 g/mol. The molecule has 2 rings (SSSR count). The van der Waals surface area contributed by atoms with Crippen molar-refractivity contribution in [1.82, 2.24) is 4.90 Å². The highest BCUT2D eigenvalue weighted by Crippen LogP contribution is 2.14. The van der Waals surface area contributed by atoms with E-state index in [1.807, 2.05) is 30.3 Å². The van der Waals surface area contributed by atoms with E-state index >= 15 is 0 Å². The first-order valence-corrected chi connectivity index (χ1v) is 7.42. The Labute approximate surface area is 131 Å². The first-order valence-electron chi connectivity index (χ1n) is 7.42. The number of hydrogen-bond donors (Lipinski definition) is 1. The Kier molecular flexibility index (Phi) is 5.98. The van der Waals surface area contributed by atoms with Crippen LogP contribution in [-0.2, 0) is 6.42 Å². The number of carbonyl (C=O) groups is 1. The number of amides is 1. The number of carbonyl (C=O) groups excluding carboxylic acids is 1. The summed E-state index contributed by atoms with van der Waals surface area (Å²) in [5.74, 6) is 0.668. The van der Waals surface area contributed by atoms with Crippen LogP contribution in [0.2, 0.25) is 0 Å². The topological polar surface area (TPSA) is 55.6 Å². The van der Waals surface area contributed by atoms with E-state index in [0.717, 1.165) is 6.42 Å². The number of nitrogens with zero attached hydrogens (tertiary/aromatic N) is 1. The van der Waals surface area contributed by atoms with Crippen molar-refractivity contribution in [3.63, 3.8) is 0 Å².